The number of nitrogens with two attached hydrogens (primary N) is 1. The second-order valence-electron chi connectivity index (χ2n) is 7.17. The Morgan fingerprint density at radius 1 is 1.22 bits per heavy atom. The summed E-state index contributed by atoms with van der Waals surface area (Å²) < 4.78 is 6.88. The average Bonchev–Trinajstić information content (AvgIpc) is 3.22. The average molecular weight is 428 g/mol. The summed E-state index contributed by atoms with van der Waals surface area (Å²) in [5.74, 6) is -0.0746. The lowest BCUT2D eigenvalue weighted by Crippen LogP contribution is -2.32. The highest BCUT2D eigenvalue weighted by Crippen LogP contribution is 2.38. The number of aromatic nitrogens is 2. The number of amides is 2. The van der Waals surface area contributed by atoms with Crippen LogP contribution in [0.15, 0.2) is 66.0 Å². The van der Waals surface area contributed by atoms with E-state index in [0.29, 0.717) is 34.1 Å². The third-order valence-corrected chi connectivity index (χ3v) is 5.24. The largest absolute Gasteiger partial charge is 0.495 e. The van der Waals surface area contributed by atoms with Gasteiger partial charge in [0, 0.05) is 5.70 Å². The van der Waals surface area contributed by atoms with Gasteiger partial charge < -0.3 is 21.1 Å². The van der Waals surface area contributed by atoms with Crippen LogP contribution in [-0.4, -0.2) is 28.7 Å². The number of carbonyl (C=O) groups is 2. The SMILES string of the molecule is COc1ccccc1NC(=O)C1=C(C)Nc2c(C(N)=O)cnn2[C@H]1c1ccc(C#N)cc1. The van der Waals surface area contributed by atoms with Gasteiger partial charge >= 0.3 is 0 Å². The maximum Gasteiger partial charge on any atom is 0.255 e. The van der Waals surface area contributed by atoms with Gasteiger partial charge in [0.15, 0.2) is 0 Å². The van der Waals surface area contributed by atoms with Gasteiger partial charge in [0.1, 0.15) is 23.2 Å². The highest BCUT2D eigenvalue weighted by molar-refractivity contribution is 6.07. The van der Waals surface area contributed by atoms with Crippen LogP contribution in [0.5, 0.6) is 5.75 Å². The van der Waals surface area contributed by atoms with Crippen molar-refractivity contribution in [3.63, 3.8) is 0 Å². The van der Waals surface area contributed by atoms with Crippen LogP contribution in [0, 0.1) is 11.3 Å². The number of nitrogens with one attached hydrogen (secondary N) is 2. The normalized spacial score (nSPS) is 14.7. The lowest BCUT2D eigenvalue weighted by Gasteiger charge is -2.30. The van der Waals surface area contributed by atoms with Crippen LogP contribution < -0.4 is 21.1 Å². The van der Waals surface area contributed by atoms with Crippen LogP contribution >= 0.6 is 0 Å². The van der Waals surface area contributed by atoms with Crippen LogP contribution in [0.4, 0.5) is 11.5 Å². The molecule has 2 heterocycles. The fourth-order valence-corrected chi connectivity index (χ4v) is 3.72. The summed E-state index contributed by atoms with van der Waals surface area (Å²) in [6.45, 7) is 1.75. The zero-order valence-corrected chi connectivity index (χ0v) is 17.4. The molecule has 0 fully saturated rings. The number of ether oxygens (including phenoxy) is 1. The monoisotopic (exact) mass is 428 g/mol. The third kappa shape index (κ3) is 3.54. The van der Waals surface area contributed by atoms with E-state index < -0.39 is 11.9 Å². The predicted molar refractivity (Wildman–Crippen MR) is 118 cm³/mol. The molecule has 0 saturated heterocycles. The zero-order valence-electron chi connectivity index (χ0n) is 17.4. The van der Waals surface area contributed by atoms with Gasteiger partial charge in [-0.15, -0.1) is 0 Å². The molecule has 1 atom stereocenters. The summed E-state index contributed by atoms with van der Waals surface area (Å²) in [6, 6.07) is 15.4. The van der Waals surface area contributed by atoms with Gasteiger partial charge in [-0.05, 0) is 36.8 Å². The molecular formula is C23H20N6O3. The van der Waals surface area contributed by atoms with Crippen LogP contribution in [0.2, 0.25) is 0 Å². The Bertz CT molecular complexity index is 1280. The highest BCUT2D eigenvalue weighted by Gasteiger charge is 2.35. The van der Waals surface area contributed by atoms with Crippen LogP contribution in [-0.2, 0) is 4.79 Å². The quantitative estimate of drug-likeness (QED) is 0.572. The predicted octanol–water partition coefficient (Wildman–Crippen LogP) is 2.79. The number of allylic oxidation sites excluding steroid dienone is 1. The van der Waals surface area contributed by atoms with E-state index in [1.165, 1.54) is 13.3 Å². The molecule has 0 bridgehead atoms. The first-order chi connectivity index (χ1) is 15.4. The van der Waals surface area contributed by atoms with Crippen molar-refractivity contribution in [2.24, 2.45) is 5.73 Å². The maximum absolute atomic E-state index is 13.5. The number of primary amides is 1. The van der Waals surface area contributed by atoms with E-state index in [9.17, 15) is 9.59 Å². The van der Waals surface area contributed by atoms with E-state index in [2.05, 4.69) is 21.8 Å². The number of nitrogens with zero attached hydrogens (tertiary/aromatic N) is 3. The van der Waals surface area contributed by atoms with E-state index in [4.69, 9.17) is 15.7 Å². The number of para-hydroxylation sites is 2. The molecule has 9 heteroatoms. The smallest absolute Gasteiger partial charge is 0.255 e. The van der Waals surface area contributed by atoms with E-state index in [0.717, 1.165) is 5.56 Å². The zero-order chi connectivity index (χ0) is 22.8. The van der Waals surface area contributed by atoms with Crippen LogP contribution in [0.3, 0.4) is 0 Å². The number of fused-ring (bicyclic) bond motifs is 1. The molecule has 160 valence electrons. The topological polar surface area (TPSA) is 135 Å². The molecular weight excluding hydrogens is 408 g/mol. The Kier molecular flexibility index (Phi) is 5.35. The van der Waals surface area contributed by atoms with Crippen molar-refractivity contribution in [2.45, 2.75) is 13.0 Å². The fraction of sp³-hybridized carbons (Fsp3) is 0.130. The molecule has 0 aliphatic carbocycles. The molecule has 4 rings (SSSR count). The minimum Gasteiger partial charge on any atom is -0.495 e. The number of nitriles is 1. The molecule has 32 heavy (non-hydrogen) atoms. The Hall–Kier alpha value is -4.58. The maximum atomic E-state index is 13.5. The summed E-state index contributed by atoms with van der Waals surface area (Å²) in [6.07, 6.45) is 1.37. The highest BCUT2D eigenvalue weighted by atomic mass is 16.5. The van der Waals surface area contributed by atoms with Crippen molar-refractivity contribution in [3.8, 4) is 11.8 Å². The number of benzene rings is 2. The molecule has 0 saturated carbocycles. The fourth-order valence-electron chi connectivity index (χ4n) is 3.72. The number of rotatable bonds is 5. The standard InChI is InChI=1S/C23H20N6O3/c1-13-19(23(31)28-17-5-3-4-6-18(17)32-2)20(15-9-7-14(11-24)8-10-15)29-22(27-13)16(12-26-29)21(25)30/h3-10,12,20,27H,1-2H3,(H2,25,30)(H,28,31)/t20-/m0/s1. The lowest BCUT2D eigenvalue weighted by molar-refractivity contribution is -0.113. The molecule has 1 aliphatic rings. The van der Waals surface area contributed by atoms with Gasteiger partial charge in [-0.3, -0.25) is 9.59 Å². The van der Waals surface area contributed by atoms with Crippen molar-refractivity contribution >= 4 is 23.3 Å². The minimum absolute atomic E-state index is 0.215. The number of hydrogen-bond acceptors (Lipinski definition) is 6. The second-order valence-corrected chi connectivity index (χ2v) is 7.17. The van der Waals surface area contributed by atoms with E-state index in [1.807, 2.05) is 6.07 Å². The van der Waals surface area contributed by atoms with Gasteiger partial charge in [0.2, 0.25) is 0 Å². The first kappa shape index (κ1) is 20.7. The van der Waals surface area contributed by atoms with E-state index in [1.54, 1.807) is 54.1 Å². The molecule has 4 N–H and O–H groups in total. The molecule has 2 amide bonds. The summed E-state index contributed by atoms with van der Waals surface area (Å²) >= 11 is 0. The number of anilines is 2. The molecule has 0 radical (unpaired) electrons. The third-order valence-electron chi connectivity index (χ3n) is 5.24. The van der Waals surface area contributed by atoms with E-state index in [-0.39, 0.29) is 11.5 Å². The molecule has 1 aromatic heterocycles. The minimum atomic E-state index is -0.651. The van der Waals surface area contributed by atoms with Crippen molar-refractivity contribution in [2.75, 3.05) is 17.7 Å². The molecule has 3 aromatic rings. The summed E-state index contributed by atoms with van der Waals surface area (Å²) in [4.78, 5) is 25.3. The number of methoxy groups -OCH3 is 1. The molecule has 0 unspecified atom stereocenters. The van der Waals surface area contributed by atoms with Gasteiger partial charge in [0.05, 0.1) is 36.2 Å². The lowest BCUT2D eigenvalue weighted by atomic mass is 9.94. The van der Waals surface area contributed by atoms with Gasteiger partial charge in [-0.25, -0.2) is 4.68 Å². The van der Waals surface area contributed by atoms with Crippen LogP contribution in [0.1, 0.15) is 34.5 Å². The Balaban J connectivity index is 1.82. The van der Waals surface area contributed by atoms with Gasteiger partial charge in [-0.1, -0.05) is 24.3 Å². The molecule has 1 aliphatic heterocycles. The molecule has 9 nitrogen and oxygen atoms in total. The molecule has 2 aromatic carbocycles. The van der Waals surface area contributed by atoms with Crippen molar-refractivity contribution in [1.29, 1.82) is 5.26 Å². The first-order valence-electron chi connectivity index (χ1n) is 9.74. The number of hydrogen-bond donors (Lipinski definition) is 3. The van der Waals surface area contributed by atoms with Crippen LogP contribution in [0.25, 0.3) is 0 Å². The summed E-state index contributed by atoms with van der Waals surface area (Å²) in [5.41, 5.74) is 8.38. The van der Waals surface area contributed by atoms with Crippen molar-refractivity contribution in [1.82, 2.24) is 9.78 Å². The van der Waals surface area contributed by atoms with E-state index >= 15 is 0 Å². The van der Waals surface area contributed by atoms with Gasteiger partial charge in [0.25, 0.3) is 11.8 Å². The summed E-state index contributed by atoms with van der Waals surface area (Å²) in [7, 11) is 1.53. The Morgan fingerprint density at radius 2 is 1.94 bits per heavy atom. The van der Waals surface area contributed by atoms with Crippen molar-refractivity contribution < 1.29 is 14.3 Å². The second kappa shape index (κ2) is 8.28. The first-order valence-corrected chi connectivity index (χ1v) is 9.74. The summed E-state index contributed by atoms with van der Waals surface area (Å²) in [5, 5.41) is 19.5. The molecule has 0 spiro atoms. The number of carbonyl (C=O) groups excluding carboxylic acids is 2. The Labute approximate surface area is 184 Å². The Morgan fingerprint density at radius 3 is 2.59 bits per heavy atom. The van der Waals surface area contributed by atoms with Gasteiger partial charge in [-0.2, -0.15) is 10.4 Å². The van der Waals surface area contributed by atoms with Crippen molar-refractivity contribution in [3.05, 3.63) is 82.7 Å².